The largest absolute Gasteiger partial charge is 0.493 e. The number of hydrogen-bond donors (Lipinski definition) is 4. The standard InChI is InChI=1S/C24H32N4O6/c1-24(2,3)22(30)27-16-9-7-15(8-10-16)21(29)25-11-12-26-23(31)28-17-13-18(32-4)20(34-6)19(14-17)33-5/h7-10,13-14H,11-12H2,1-6H3,(H,25,29)(H,27,30)(H2,26,28,31). The van der Waals surface area contributed by atoms with Gasteiger partial charge in [0.25, 0.3) is 5.91 Å². The number of nitrogens with one attached hydrogen (secondary N) is 4. The van der Waals surface area contributed by atoms with E-state index in [4.69, 9.17) is 14.2 Å². The van der Waals surface area contributed by atoms with Crippen LogP contribution in [-0.4, -0.2) is 52.3 Å². The smallest absolute Gasteiger partial charge is 0.319 e. The van der Waals surface area contributed by atoms with Crippen LogP contribution in [0.3, 0.4) is 0 Å². The zero-order chi connectivity index (χ0) is 25.3. The van der Waals surface area contributed by atoms with Gasteiger partial charge in [-0.05, 0) is 24.3 Å². The number of amides is 4. The number of ether oxygens (including phenoxy) is 3. The number of urea groups is 1. The third-order valence-electron chi connectivity index (χ3n) is 4.70. The third-order valence-corrected chi connectivity index (χ3v) is 4.70. The van der Waals surface area contributed by atoms with Crippen molar-refractivity contribution in [2.24, 2.45) is 5.41 Å². The second-order valence-electron chi connectivity index (χ2n) is 8.33. The fourth-order valence-electron chi connectivity index (χ4n) is 2.81. The highest BCUT2D eigenvalue weighted by Crippen LogP contribution is 2.39. The van der Waals surface area contributed by atoms with Crippen molar-refractivity contribution in [2.45, 2.75) is 20.8 Å². The molecular formula is C24H32N4O6. The van der Waals surface area contributed by atoms with Crippen LogP contribution in [0.4, 0.5) is 16.2 Å². The Morgan fingerprint density at radius 2 is 1.32 bits per heavy atom. The minimum atomic E-state index is -0.513. The van der Waals surface area contributed by atoms with E-state index in [9.17, 15) is 14.4 Å². The maximum atomic E-state index is 12.3. The predicted octanol–water partition coefficient (Wildman–Crippen LogP) is 3.25. The van der Waals surface area contributed by atoms with Gasteiger partial charge in [-0.15, -0.1) is 0 Å². The Hall–Kier alpha value is -3.95. The average Bonchev–Trinajstić information content (AvgIpc) is 2.80. The maximum absolute atomic E-state index is 12.3. The fourth-order valence-corrected chi connectivity index (χ4v) is 2.81. The molecule has 4 amide bonds. The van der Waals surface area contributed by atoms with Gasteiger partial charge in [-0.2, -0.15) is 0 Å². The van der Waals surface area contributed by atoms with Crippen LogP contribution in [-0.2, 0) is 4.79 Å². The van der Waals surface area contributed by atoms with Crippen LogP contribution >= 0.6 is 0 Å². The van der Waals surface area contributed by atoms with Gasteiger partial charge in [0.1, 0.15) is 0 Å². The molecule has 0 aromatic heterocycles. The van der Waals surface area contributed by atoms with Gasteiger partial charge in [0.15, 0.2) is 11.5 Å². The van der Waals surface area contributed by atoms with Crippen molar-refractivity contribution in [3.05, 3.63) is 42.0 Å². The van der Waals surface area contributed by atoms with Gasteiger partial charge >= 0.3 is 6.03 Å². The van der Waals surface area contributed by atoms with Crippen LogP contribution in [0.2, 0.25) is 0 Å². The van der Waals surface area contributed by atoms with Crippen LogP contribution in [0.25, 0.3) is 0 Å². The number of carbonyl (C=O) groups excluding carboxylic acids is 3. The molecule has 0 saturated heterocycles. The Balaban J connectivity index is 1.81. The average molecular weight is 473 g/mol. The molecule has 0 aliphatic heterocycles. The summed E-state index contributed by atoms with van der Waals surface area (Å²) in [4.78, 5) is 36.5. The molecule has 0 fully saturated rings. The Labute approximate surface area is 199 Å². The molecule has 0 aliphatic carbocycles. The zero-order valence-electron chi connectivity index (χ0n) is 20.3. The van der Waals surface area contributed by atoms with E-state index in [0.717, 1.165) is 0 Å². The molecule has 0 radical (unpaired) electrons. The summed E-state index contributed by atoms with van der Waals surface area (Å²) in [7, 11) is 4.46. The molecule has 10 heteroatoms. The van der Waals surface area contributed by atoms with Gasteiger partial charge in [0, 0.05) is 41.9 Å². The first-order chi connectivity index (χ1) is 16.1. The maximum Gasteiger partial charge on any atom is 0.319 e. The molecule has 2 aromatic rings. The molecule has 2 aromatic carbocycles. The third kappa shape index (κ3) is 7.29. The number of carbonyl (C=O) groups is 3. The molecule has 0 aliphatic rings. The number of anilines is 2. The van der Waals surface area contributed by atoms with Crippen molar-refractivity contribution in [3.8, 4) is 17.2 Å². The monoisotopic (exact) mass is 472 g/mol. The van der Waals surface area contributed by atoms with Gasteiger partial charge in [-0.1, -0.05) is 20.8 Å². The normalized spacial score (nSPS) is 10.6. The van der Waals surface area contributed by atoms with Crippen molar-refractivity contribution in [2.75, 3.05) is 45.1 Å². The second kappa shape index (κ2) is 11.8. The summed E-state index contributed by atoms with van der Waals surface area (Å²) < 4.78 is 15.8. The van der Waals surface area contributed by atoms with Crippen LogP contribution in [0.1, 0.15) is 31.1 Å². The molecule has 4 N–H and O–H groups in total. The van der Waals surface area contributed by atoms with Crippen molar-refractivity contribution < 1.29 is 28.6 Å². The summed E-state index contributed by atoms with van der Waals surface area (Å²) in [5, 5.41) is 10.9. The summed E-state index contributed by atoms with van der Waals surface area (Å²) >= 11 is 0. The van der Waals surface area contributed by atoms with Crippen LogP contribution < -0.4 is 35.5 Å². The first-order valence-electron chi connectivity index (χ1n) is 10.6. The molecule has 10 nitrogen and oxygen atoms in total. The molecule has 0 heterocycles. The lowest BCUT2D eigenvalue weighted by molar-refractivity contribution is -0.123. The molecule has 0 atom stereocenters. The molecule has 0 saturated carbocycles. The van der Waals surface area contributed by atoms with E-state index in [2.05, 4.69) is 21.3 Å². The SMILES string of the molecule is COc1cc(NC(=O)NCCNC(=O)c2ccc(NC(=O)C(C)(C)C)cc2)cc(OC)c1OC. The van der Waals surface area contributed by atoms with Gasteiger partial charge in [0.05, 0.1) is 27.0 Å². The van der Waals surface area contributed by atoms with Crippen molar-refractivity contribution in [3.63, 3.8) is 0 Å². The van der Waals surface area contributed by atoms with E-state index in [1.54, 1.807) is 36.4 Å². The van der Waals surface area contributed by atoms with Crippen molar-refractivity contribution in [1.29, 1.82) is 0 Å². The summed E-state index contributed by atoms with van der Waals surface area (Å²) in [6.07, 6.45) is 0. The van der Waals surface area contributed by atoms with E-state index in [1.807, 2.05) is 20.8 Å². The Kier molecular flexibility index (Phi) is 9.11. The zero-order valence-corrected chi connectivity index (χ0v) is 20.3. The molecule has 2 rings (SSSR count). The number of methoxy groups -OCH3 is 3. The quantitative estimate of drug-likeness (QED) is 0.415. The number of hydrogen-bond acceptors (Lipinski definition) is 6. The summed E-state index contributed by atoms with van der Waals surface area (Å²) in [6.45, 7) is 5.90. The molecule has 34 heavy (non-hydrogen) atoms. The molecule has 0 bridgehead atoms. The first kappa shape index (κ1) is 26.3. The van der Waals surface area contributed by atoms with Gasteiger partial charge in [-0.3, -0.25) is 9.59 Å². The Morgan fingerprint density at radius 1 is 0.765 bits per heavy atom. The lowest BCUT2D eigenvalue weighted by Crippen LogP contribution is -2.36. The fraction of sp³-hybridized carbons (Fsp3) is 0.375. The molecular weight excluding hydrogens is 440 g/mol. The minimum absolute atomic E-state index is 0.111. The number of benzene rings is 2. The predicted molar refractivity (Wildman–Crippen MR) is 130 cm³/mol. The highest BCUT2D eigenvalue weighted by Gasteiger charge is 2.21. The van der Waals surface area contributed by atoms with E-state index in [-0.39, 0.29) is 24.9 Å². The van der Waals surface area contributed by atoms with Gasteiger partial charge in [0.2, 0.25) is 11.7 Å². The van der Waals surface area contributed by atoms with Crippen LogP contribution in [0, 0.1) is 5.41 Å². The molecule has 184 valence electrons. The van der Waals surface area contributed by atoms with Gasteiger partial charge < -0.3 is 35.5 Å². The molecule has 0 unspecified atom stereocenters. The summed E-state index contributed by atoms with van der Waals surface area (Å²) in [6, 6.07) is 9.34. The highest BCUT2D eigenvalue weighted by atomic mass is 16.5. The van der Waals surface area contributed by atoms with E-state index < -0.39 is 11.4 Å². The van der Waals surface area contributed by atoms with Crippen LogP contribution in [0.15, 0.2) is 36.4 Å². The first-order valence-corrected chi connectivity index (χ1v) is 10.6. The summed E-state index contributed by atoms with van der Waals surface area (Å²) in [5.41, 5.74) is 0.993. The summed E-state index contributed by atoms with van der Waals surface area (Å²) in [5.74, 6) is 0.839. The van der Waals surface area contributed by atoms with E-state index >= 15 is 0 Å². The second-order valence-corrected chi connectivity index (χ2v) is 8.33. The Bertz CT molecular complexity index is 990. The molecule has 0 spiro atoms. The Morgan fingerprint density at radius 3 is 1.82 bits per heavy atom. The number of rotatable bonds is 9. The minimum Gasteiger partial charge on any atom is -0.493 e. The van der Waals surface area contributed by atoms with Crippen LogP contribution in [0.5, 0.6) is 17.2 Å². The lowest BCUT2D eigenvalue weighted by atomic mass is 9.95. The van der Waals surface area contributed by atoms with Crippen molar-refractivity contribution >= 4 is 29.2 Å². The van der Waals surface area contributed by atoms with E-state index in [1.165, 1.54) is 21.3 Å². The van der Waals surface area contributed by atoms with Crippen molar-refractivity contribution in [1.82, 2.24) is 10.6 Å². The van der Waals surface area contributed by atoms with E-state index in [0.29, 0.717) is 34.2 Å². The topological polar surface area (TPSA) is 127 Å². The van der Waals surface area contributed by atoms with Gasteiger partial charge in [-0.25, -0.2) is 4.79 Å². The highest BCUT2D eigenvalue weighted by molar-refractivity contribution is 5.97. The lowest BCUT2D eigenvalue weighted by Gasteiger charge is -2.17.